The Labute approximate surface area is 177 Å². The second-order valence-corrected chi connectivity index (χ2v) is 8.01. The minimum absolute atomic E-state index is 0.0205. The molecule has 0 saturated carbocycles. The van der Waals surface area contributed by atoms with E-state index >= 15 is 0 Å². The van der Waals surface area contributed by atoms with Crippen molar-refractivity contribution in [1.29, 1.82) is 0 Å². The molecule has 0 aliphatic carbocycles. The number of ether oxygens (including phenoxy) is 1. The maximum atomic E-state index is 12.8. The number of amides is 2. The van der Waals surface area contributed by atoms with E-state index in [1.54, 1.807) is 24.1 Å². The van der Waals surface area contributed by atoms with Crippen LogP contribution in [-0.4, -0.2) is 50.0 Å². The van der Waals surface area contributed by atoms with Gasteiger partial charge in [-0.25, -0.2) is 0 Å². The first-order valence-corrected chi connectivity index (χ1v) is 10.7. The van der Waals surface area contributed by atoms with E-state index in [1.807, 2.05) is 18.2 Å². The SMILES string of the molecule is COc1cccc(C(=O)N2CC[C@H](C(=O)NCc3ccccc3N3CCCC3)C2)c1. The van der Waals surface area contributed by atoms with Gasteiger partial charge in [0.25, 0.3) is 5.91 Å². The molecule has 2 aromatic carbocycles. The molecule has 0 aromatic heterocycles. The number of rotatable bonds is 6. The number of carbonyl (C=O) groups is 2. The van der Waals surface area contributed by atoms with Gasteiger partial charge in [-0.2, -0.15) is 0 Å². The molecule has 30 heavy (non-hydrogen) atoms. The lowest BCUT2D eigenvalue weighted by Gasteiger charge is -2.22. The normalized spacial score (nSPS) is 18.5. The number of hydrogen-bond donors (Lipinski definition) is 1. The smallest absolute Gasteiger partial charge is 0.254 e. The van der Waals surface area contributed by atoms with Crippen molar-refractivity contribution in [2.45, 2.75) is 25.8 Å². The van der Waals surface area contributed by atoms with Crippen LogP contribution < -0.4 is 15.0 Å². The van der Waals surface area contributed by atoms with Crippen LogP contribution in [0.2, 0.25) is 0 Å². The van der Waals surface area contributed by atoms with E-state index in [1.165, 1.54) is 18.5 Å². The van der Waals surface area contributed by atoms with Gasteiger partial charge in [0.2, 0.25) is 5.91 Å². The Bertz CT molecular complexity index is 908. The van der Waals surface area contributed by atoms with Gasteiger partial charge in [0.05, 0.1) is 13.0 Å². The summed E-state index contributed by atoms with van der Waals surface area (Å²) in [5, 5.41) is 3.10. The van der Waals surface area contributed by atoms with Gasteiger partial charge in [-0.1, -0.05) is 24.3 Å². The van der Waals surface area contributed by atoms with Crippen molar-refractivity contribution in [1.82, 2.24) is 10.2 Å². The number of carbonyl (C=O) groups excluding carboxylic acids is 2. The van der Waals surface area contributed by atoms with Gasteiger partial charge in [0.15, 0.2) is 0 Å². The fraction of sp³-hybridized carbons (Fsp3) is 0.417. The van der Waals surface area contributed by atoms with Crippen LogP contribution in [-0.2, 0) is 11.3 Å². The summed E-state index contributed by atoms with van der Waals surface area (Å²) in [6.45, 7) is 3.73. The zero-order valence-electron chi connectivity index (χ0n) is 17.5. The molecule has 0 radical (unpaired) electrons. The van der Waals surface area contributed by atoms with Crippen molar-refractivity contribution in [3.8, 4) is 5.75 Å². The highest BCUT2D eigenvalue weighted by molar-refractivity contribution is 5.95. The van der Waals surface area contributed by atoms with Crippen LogP contribution in [0.4, 0.5) is 5.69 Å². The summed E-state index contributed by atoms with van der Waals surface area (Å²) >= 11 is 0. The van der Waals surface area contributed by atoms with Gasteiger partial charge >= 0.3 is 0 Å². The molecule has 2 aromatic rings. The number of anilines is 1. The number of nitrogens with one attached hydrogen (secondary N) is 1. The van der Waals surface area contributed by atoms with E-state index in [2.05, 4.69) is 28.4 Å². The zero-order valence-corrected chi connectivity index (χ0v) is 17.5. The monoisotopic (exact) mass is 407 g/mol. The quantitative estimate of drug-likeness (QED) is 0.800. The van der Waals surface area contributed by atoms with Crippen LogP contribution in [0.1, 0.15) is 35.2 Å². The molecule has 6 nitrogen and oxygen atoms in total. The molecule has 2 heterocycles. The van der Waals surface area contributed by atoms with E-state index in [0.29, 0.717) is 37.4 Å². The molecular weight excluding hydrogens is 378 g/mol. The molecule has 4 rings (SSSR count). The third-order valence-corrected chi connectivity index (χ3v) is 6.05. The molecule has 6 heteroatoms. The van der Waals surface area contributed by atoms with Crippen molar-refractivity contribution in [3.05, 3.63) is 59.7 Å². The summed E-state index contributed by atoms with van der Waals surface area (Å²) in [5.74, 6) is 0.459. The fourth-order valence-electron chi connectivity index (χ4n) is 4.35. The average molecular weight is 408 g/mol. The molecule has 0 spiro atoms. The van der Waals surface area contributed by atoms with Crippen molar-refractivity contribution in [3.63, 3.8) is 0 Å². The van der Waals surface area contributed by atoms with Gasteiger partial charge in [-0.15, -0.1) is 0 Å². The van der Waals surface area contributed by atoms with Crippen LogP contribution in [0.25, 0.3) is 0 Å². The lowest BCUT2D eigenvalue weighted by molar-refractivity contribution is -0.124. The molecule has 2 amide bonds. The summed E-state index contributed by atoms with van der Waals surface area (Å²) in [4.78, 5) is 29.7. The molecule has 1 atom stereocenters. The third-order valence-electron chi connectivity index (χ3n) is 6.05. The Morgan fingerprint density at radius 2 is 1.87 bits per heavy atom. The molecule has 2 aliphatic heterocycles. The maximum Gasteiger partial charge on any atom is 0.254 e. The van der Waals surface area contributed by atoms with Crippen molar-refractivity contribution in [2.24, 2.45) is 5.92 Å². The van der Waals surface area contributed by atoms with Gasteiger partial charge in [-0.3, -0.25) is 9.59 Å². The van der Waals surface area contributed by atoms with E-state index < -0.39 is 0 Å². The van der Waals surface area contributed by atoms with Crippen molar-refractivity contribution < 1.29 is 14.3 Å². The summed E-state index contributed by atoms with van der Waals surface area (Å²) in [6.07, 6.45) is 3.13. The van der Waals surface area contributed by atoms with Gasteiger partial charge in [0, 0.05) is 44.0 Å². The Kier molecular flexibility index (Phi) is 6.21. The largest absolute Gasteiger partial charge is 0.497 e. The van der Waals surface area contributed by atoms with Crippen LogP contribution >= 0.6 is 0 Å². The van der Waals surface area contributed by atoms with Crippen molar-refractivity contribution in [2.75, 3.05) is 38.2 Å². The number of likely N-dealkylation sites (tertiary alicyclic amines) is 1. The Hall–Kier alpha value is -3.02. The van der Waals surface area contributed by atoms with Gasteiger partial charge in [-0.05, 0) is 49.1 Å². The van der Waals surface area contributed by atoms with E-state index in [9.17, 15) is 9.59 Å². The lowest BCUT2D eigenvalue weighted by Crippen LogP contribution is -2.34. The molecule has 2 saturated heterocycles. The van der Waals surface area contributed by atoms with Crippen molar-refractivity contribution >= 4 is 17.5 Å². The minimum atomic E-state index is -0.168. The summed E-state index contributed by atoms with van der Waals surface area (Å²) in [6, 6.07) is 15.4. The topological polar surface area (TPSA) is 61.9 Å². The summed E-state index contributed by atoms with van der Waals surface area (Å²) in [7, 11) is 1.59. The molecule has 1 N–H and O–H groups in total. The van der Waals surface area contributed by atoms with Crippen LogP contribution in [0.3, 0.4) is 0 Å². The third kappa shape index (κ3) is 4.42. The second-order valence-electron chi connectivity index (χ2n) is 8.01. The molecule has 2 aliphatic rings. The lowest BCUT2D eigenvalue weighted by atomic mass is 10.1. The number of nitrogens with zero attached hydrogens (tertiary/aromatic N) is 2. The fourth-order valence-corrected chi connectivity index (χ4v) is 4.35. The number of benzene rings is 2. The van der Waals surface area contributed by atoms with E-state index in [-0.39, 0.29) is 17.7 Å². The molecule has 0 bridgehead atoms. The van der Waals surface area contributed by atoms with Crippen LogP contribution in [0.15, 0.2) is 48.5 Å². The highest BCUT2D eigenvalue weighted by atomic mass is 16.5. The first-order valence-electron chi connectivity index (χ1n) is 10.7. The van der Waals surface area contributed by atoms with Crippen LogP contribution in [0, 0.1) is 5.92 Å². The number of hydrogen-bond acceptors (Lipinski definition) is 4. The number of methoxy groups -OCH3 is 1. The maximum absolute atomic E-state index is 12.8. The predicted octanol–water partition coefficient (Wildman–Crippen LogP) is 3.07. The average Bonchev–Trinajstić information content (AvgIpc) is 3.50. The molecule has 2 fully saturated rings. The highest BCUT2D eigenvalue weighted by Gasteiger charge is 2.31. The van der Waals surface area contributed by atoms with E-state index in [0.717, 1.165) is 18.7 Å². The predicted molar refractivity (Wildman–Crippen MR) is 117 cm³/mol. The molecular formula is C24H29N3O3. The molecule has 158 valence electrons. The Balaban J connectivity index is 1.34. The zero-order chi connectivity index (χ0) is 20.9. The first-order chi connectivity index (χ1) is 14.7. The first kappa shape index (κ1) is 20.3. The minimum Gasteiger partial charge on any atom is -0.497 e. The van der Waals surface area contributed by atoms with Gasteiger partial charge in [0.1, 0.15) is 5.75 Å². The summed E-state index contributed by atoms with van der Waals surface area (Å²) in [5.41, 5.74) is 2.96. The standard InChI is InChI=1S/C24H29N3O3/c1-30-21-9-6-8-18(15-21)24(29)27-14-11-20(17-27)23(28)25-16-19-7-2-3-10-22(19)26-12-4-5-13-26/h2-3,6-10,15,20H,4-5,11-14,16-17H2,1H3,(H,25,28)/t20-/m0/s1. The van der Waals surface area contributed by atoms with E-state index in [4.69, 9.17) is 4.74 Å². The number of para-hydroxylation sites is 1. The van der Waals surface area contributed by atoms with Gasteiger partial charge < -0.3 is 19.9 Å². The molecule has 0 unspecified atom stereocenters. The highest BCUT2D eigenvalue weighted by Crippen LogP contribution is 2.25. The van der Waals surface area contributed by atoms with Crippen LogP contribution in [0.5, 0.6) is 5.75 Å². The summed E-state index contributed by atoms with van der Waals surface area (Å²) < 4.78 is 5.21. The Morgan fingerprint density at radius 3 is 2.67 bits per heavy atom. The second kappa shape index (κ2) is 9.20. The Morgan fingerprint density at radius 1 is 1.07 bits per heavy atom.